The van der Waals surface area contributed by atoms with Gasteiger partial charge in [-0.2, -0.15) is 4.31 Å². The first-order valence-corrected chi connectivity index (χ1v) is 16.8. The number of nitrogens with zero attached hydrogens (tertiary/aromatic N) is 2. The number of hydrogen-bond donors (Lipinski definition) is 3. The molecule has 1 aliphatic rings. The number of amides is 3. The van der Waals surface area contributed by atoms with Crippen molar-refractivity contribution < 1.29 is 27.5 Å². The Hall–Kier alpha value is -4.00. The van der Waals surface area contributed by atoms with Crippen LogP contribution in [0.4, 0.5) is 4.79 Å². The zero-order chi connectivity index (χ0) is 34.0. The van der Waals surface area contributed by atoms with E-state index in [1.165, 1.54) is 36.9 Å². The lowest BCUT2D eigenvalue weighted by atomic mass is 9.86. The number of rotatable bonds is 14. The van der Waals surface area contributed by atoms with Crippen LogP contribution in [0.5, 0.6) is 0 Å². The number of likely N-dealkylation sites (tertiary alicyclic amines) is 1. The van der Waals surface area contributed by atoms with Gasteiger partial charge in [0.05, 0.1) is 10.4 Å². The predicted molar refractivity (Wildman–Crippen MR) is 179 cm³/mol. The zero-order valence-electron chi connectivity index (χ0n) is 27.3. The molecule has 1 unspecified atom stereocenters. The number of nitrogens with one attached hydrogen (secondary N) is 3. The van der Waals surface area contributed by atoms with Gasteiger partial charge in [-0.3, -0.25) is 14.5 Å². The lowest BCUT2D eigenvalue weighted by molar-refractivity contribution is -0.125. The Morgan fingerprint density at radius 2 is 1.72 bits per heavy atom. The van der Waals surface area contributed by atoms with Gasteiger partial charge in [-0.05, 0) is 63.8 Å². The summed E-state index contributed by atoms with van der Waals surface area (Å²) < 4.78 is 32.4. The molecule has 3 N–H and O–H groups in total. The van der Waals surface area contributed by atoms with Gasteiger partial charge in [-0.25, -0.2) is 13.2 Å². The van der Waals surface area contributed by atoms with Crippen LogP contribution in [0.15, 0.2) is 84.8 Å². The van der Waals surface area contributed by atoms with Crippen LogP contribution >= 0.6 is 0 Å². The Morgan fingerprint density at radius 3 is 2.33 bits per heavy atom. The number of sulfonamides is 1. The predicted octanol–water partition coefficient (Wildman–Crippen LogP) is 3.84. The molecule has 0 aliphatic carbocycles. The van der Waals surface area contributed by atoms with Crippen molar-refractivity contribution in [2.45, 2.75) is 68.7 Å². The van der Waals surface area contributed by atoms with Crippen molar-refractivity contribution in [1.82, 2.24) is 25.2 Å². The van der Waals surface area contributed by atoms with Gasteiger partial charge in [0.2, 0.25) is 15.9 Å². The Morgan fingerprint density at radius 1 is 1.04 bits per heavy atom. The molecule has 0 bridgehead atoms. The Bertz CT molecular complexity index is 1480. The van der Waals surface area contributed by atoms with Gasteiger partial charge in [-0.1, -0.05) is 48.6 Å². The van der Waals surface area contributed by atoms with Crippen LogP contribution in [-0.4, -0.2) is 85.9 Å². The first-order valence-electron chi connectivity index (χ1n) is 15.3. The van der Waals surface area contributed by atoms with E-state index in [9.17, 15) is 22.8 Å². The van der Waals surface area contributed by atoms with Crippen LogP contribution in [-0.2, 0) is 26.1 Å². The van der Waals surface area contributed by atoms with Crippen LogP contribution in [0.3, 0.4) is 0 Å². The number of carbonyl (C=O) groups excluding carboxylic acids is 3. The summed E-state index contributed by atoms with van der Waals surface area (Å²) in [5.74, 6) is -0.895. The molecule has 12 heteroatoms. The number of piperidine rings is 1. The second-order valence-corrected chi connectivity index (χ2v) is 14.6. The smallest absolute Gasteiger partial charge is 0.408 e. The van der Waals surface area contributed by atoms with Crippen molar-refractivity contribution in [3.63, 3.8) is 0 Å². The first-order chi connectivity index (χ1) is 21.7. The van der Waals surface area contributed by atoms with Crippen LogP contribution in [0.1, 0.15) is 56.0 Å². The van der Waals surface area contributed by atoms with E-state index in [1.807, 2.05) is 18.2 Å². The molecule has 2 aromatic carbocycles. The number of benzene rings is 2. The molecule has 46 heavy (non-hydrogen) atoms. The van der Waals surface area contributed by atoms with Crippen molar-refractivity contribution in [3.8, 4) is 0 Å². The third kappa shape index (κ3) is 10.5. The minimum Gasteiger partial charge on any atom is -0.444 e. The number of ether oxygens (including phenoxy) is 1. The van der Waals surface area contributed by atoms with E-state index in [0.29, 0.717) is 25.9 Å². The standard InChI is InChI=1S/C34H47N5O6S/c1-7-13-29(36-32(42)45-33(3,4)5)31(41)37-34(18-21-39(22-19-34)24-26-14-10-9-11-15-26)25-35-30(40)27-16-12-17-28(23-27)46(43,44)38(6)20-8-2/h7-12,14-17,23,29H,1-2,13,18-22,24-25H2,3-6H3,(H,35,40)(H,36,42)(H,37,41). The molecule has 0 spiro atoms. The number of alkyl carbamates (subject to hydrolysis) is 1. The van der Waals surface area contributed by atoms with E-state index in [4.69, 9.17) is 4.74 Å². The summed E-state index contributed by atoms with van der Waals surface area (Å²) in [7, 11) is -2.38. The largest absolute Gasteiger partial charge is 0.444 e. The van der Waals surface area contributed by atoms with E-state index in [-0.39, 0.29) is 30.0 Å². The highest BCUT2D eigenvalue weighted by Gasteiger charge is 2.38. The van der Waals surface area contributed by atoms with E-state index >= 15 is 0 Å². The normalized spacial score (nSPS) is 15.8. The second-order valence-electron chi connectivity index (χ2n) is 12.5. The summed E-state index contributed by atoms with van der Waals surface area (Å²) in [6.45, 7) is 14.8. The van der Waals surface area contributed by atoms with Crippen molar-refractivity contribution in [2.75, 3.05) is 33.2 Å². The number of likely N-dealkylation sites (N-methyl/N-ethyl adjacent to an activating group) is 1. The average Bonchev–Trinajstić information content (AvgIpc) is 3.00. The van der Waals surface area contributed by atoms with Gasteiger partial charge >= 0.3 is 6.09 Å². The molecule has 3 amide bonds. The molecule has 1 saturated heterocycles. The minimum atomic E-state index is -3.82. The summed E-state index contributed by atoms with van der Waals surface area (Å²) in [6.07, 6.45) is 3.54. The van der Waals surface area contributed by atoms with Gasteiger partial charge in [0.1, 0.15) is 11.6 Å². The molecular formula is C34H47N5O6S. The van der Waals surface area contributed by atoms with Gasteiger partial charge in [0.25, 0.3) is 5.91 Å². The van der Waals surface area contributed by atoms with Crippen molar-refractivity contribution in [3.05, 3.63) is 91.0 Å². The molecule has 3 rings (SSSR count). The van der Waals surface area contributed by atoms with Gasteiger partial charge < -0.3 is 20.7 Å². The summed E-state index contributed by atoms with van der Waals surface area (Å²) in [6, 6.07) is 15.0. The maximum atomic E-state index is 13.6. The Labute approximate surface area is 273 Å². The molecule has 1 fully saturated rings. The minimum absolute atomic E-state index is 0.0118. The van der Waals surface area contributed by atoms with E-state index in [1.54, 1.807) is 32.9 Å². The zero-order valence-corrected chi connectivity index (χ0v) is 28.1. The topological polar surface area (TPSA) is 137 Å². The van der Waals surface area contributed by atoms with Crippen LogP contribution in [0, 0.1) is 0 Å². The van der Waals surface area contributed by atoms with Crippen LogP contribution < -0.4 is 16.0 Å². The van der Waals surface area contributed by atoms with E-state index in [0.717, 1.165) is 10.8 Å². The third-order valence-corrected chi connectivity index (χ3v) is 9.46. The highest BCUT2D eigenvalue weighted by molar-refractivity contribution is 7.89. The van der Waals surface area contributed by atoms with Gasteiger partial charge in [0.15, 0.2) is 0 Å². The molecule has 1 atom stereocenters. The lowest BCUT2D eigenvalue weighted by Crippen LogP contribution is -2.63. The van der Waals surface area contributed by atoms with Crippen molar-refractivity contribution in [1.29, 1.82) is 0 Å². The van der Waals surface area contributed by atoms with Crippen LogP contribution in [0.25, 0.3) is 0 Å². The van der Waals surface area contributed by atoms with Crippen molar-refractivity contribution in [2.24, 2.45) is 0 Å². The molecule has 1 aliphatic heterocycles. The maximum absolute atomic E-state index is 13.6. The van der Waals surface area contributed by atoms with Crippen molar-refractivity contribution >= 4 is 27.9 Å². The molecule has 0 aromatic heterocycles. The average molecular weight is 654 g/mol. The highest BCUT2D eigenvalue weighted by Crippen LogP contribution is 2.24. The quantitative estimate of drug-likeness (QED) is 0.264. The lowest BCUT2D eigenvalue weighted by Gasteiger charge is -2.43. The second kappa shape index (κ2) is 16.0. The molecule has 2 aromatic rings. The monoisotopic (exact) mass is 653 g/mol. The van der Waals surface area contributed by atoms with Crippen LogP contribution in [0.2, 0.25) is 0 Å². The van der Waals surface area contributed by atoms with E-state index < -0.39 is 45.1 Å². The molecule has 0 radical (unpaired) electrons. The first kappa shape index (κ1) is 36.5. The molecule has 250 valence electrons. The number of hydrogen-bond acceptors (Lipinski definition) is 7. The Kier molecular flexibility index (Phi) is 12.7. The highest BCUT2D eigenvalue weighted by atomic mass is 32.2. The fraction of sp³-hybridized carbons (Fsp3) is 0.441. The summed E-state index contributed by atoms with van der Waals surface area (Å²) >= 11 is 0. The molecular weight excluding hydrogens is 606 g/mol. The van der Waals surface area contributed by atoms with E-state index in [2.05, 4.69) is 46.1 Å². The third-order valence-electron chi connectivity index (χ3n) is 7.64. The number of carbonyl (C=O) groups is 3. The molecule has 1 heterocycles. The van der Waals surface area contributed by atoms with Gasteiger partial charge in [0, 0.05) is 45.3 Å². The fourth-order valence-electron chi connectivity index (χ4n) is 5.13. The maximum Gasteiger partial charge on any atom is 0.408 e. The Balaban J connectivity index is 1.79. The molecule has 0 saturated carbocycles. The fourth-order valence-corrected chi connectivity index (χ4v) is 6.32. The molecule has 11 nitrogen and oxygen atoms in total. The summed E-state index contributed by atoms with van der Waals surface area (Å²) in [5.41, 5.74) is -0.225. The SMILES string of the molecule is C=CCC(NC(=O)OC(C)(C)C)C(=O)NC1(CNC(=O)c2cccc(S(=O)(=O)N(C)CC=C)c2)CCN(Cc2ccccc2)CC1. The summed E-state index contributed by atoms with van der Waals surface area (Å²) in [4.78, 5) is 41.8. The summed E-state index contributed by atoms with van der Waals surface area (Å²) in [5, 5.41) is 8.70. The van der Waals surface area contributed by atoms with Gasteiger partial charge in [-0.15, -0.1) is 13.2 Å².